The van der Waals surface area contributed by atoms with Gasteiger partial charge in [0.25, 0.3) is 0 Å². The fourth-order valence-electron chi connectivity index (χ4n) is 2.64. The van der Waals surface area contributed by atoms with Crippen LogP contribution in [0.5, 0.6) is 5.75 Å². The molecule has 0 aliphatic heterocycles. The van der Waals surface area contributed by atoms with Crippen LogP contribution >= 0.6 is 0 Å². The second kappa shape index (κ2) is 12.2. The van der Waals surface area contributed by atoms with Crippen LogP contribution in [0.2, 0.25) is 0 Å². The Labute approximate surface area is 183 Å². The van der Waals surface area contributed by atoms with Crippen molar-refractivity contribution < 1.29 is 19.1 Å². The molecule has 0 spiro atoms. The molecule has 0 aliphatic rings. The summed E-state index contributed by atoms with van der Waals surface area (Å²) in [5.74, 6) is 0.939. The van der Waals surface area contributed by atoms with Crippen molar-refractivity contribution in [2.45, 2.75) is 13.0 Å². The molecule has 166 valence electrons. The van der Waals surface area contributed by atoms with Crippen LogP contribution in [0.1, 0.15) is 21.5 Å². The number of nitrogens with zero attached hydrogens (tertiary/aromatic N) is 2. The molecular weight excluding hydrogens is 396 g/mol. The van der Waals surface area contributed by atoms with Crippen molar-refractivity contribution in [1.82, 2.24) is 15.5 Å². The van der Waals surface area contributed by atoms with Gasteiger partial charge in [-0.1, -0.05) is 24.3 Å². The van der Waals surface area contributed by atoms with Crippen LogP contribution < -0.4 is 15.4 Å². The first-order chi connectivity index (χ1) is 14.9. The van der Waals surface area contributed by atoms with Gasteiger partial charge in [0, 0.05) is 20.6 Å². The van der Waals surface area contributed by atoms with Crippen molar-refractivity contribution in [1.29, 1.82) is 0 Å². The fourth-order valence-corrected chi connectivity index (χ4v) is 2.64. The molecule has 0 saturated heterocycles. The SMILES string of the molecule is COC(=O)c1ccc(CN=C(NCCc2ccc(OC)cc2)NCC(=O)N(C)C)cc1. The Hall–Kier alpha value is -3.55. The summed E-state index contributed by atoms with van der Waals surface area (Å²) in [6.45, 7) is 1.19. The quantitative estimate of drug-likeness (QED) is 0.361. The van der Waals surface area contributed by atoms with E-state index >= 15 is 0 Å². The third-order valence-electron chi connectivity index (χ3n) is 4.57. The Bertz CT molecular complexity index is 877. The maximum absolute atomic E-state index is 11.9. The van der Waals surface area contributed by atoms with E-state index in [4.69, 9.17) is 9.47 Å². The highest BCUT2D eigenvalue weighted by molar-refractivity contribution is 5.89. The van der Waals surface area contributed by atoms with Crippen molar-refractivity contribution in [3.05, 3.63) is 65.2 Å². The number of aliphatic imine (C=N–C) groups is 1. The van der Waals surface area contributed by atoms with Crippen molar-refractivity contribution >= 4 is 17.8 Å². The second-order valence-corrected chi connectivity index (χ2v) is 7.02. The fraction of sp³-hybridized carbons (Fsp3) is 0.348. The number of esters is 1. The van der Waals surface area contributed by atoms with Crippen LogP contribution in [0.15, 0.2) is 53.5 Å². The van der Waals surface area contributed by atoms with Crippen molar-refractivity contribution in [2.75, 3.05) is 41.4 Å². The summed E-state index contributed by atoms with van der Waals surface area (Å²) < 4.78 is 9.89. The molecule has 8 heteroatoms. The van der Waals surface area contributed by atoms with E-state index in [0.29, 0.717) is 24.6 Å². The van der Waals surface area contributed by atoms with E-state index in [1.807, 2.05) is 36.4 Å². The maximum atomic E-state index is 11.9. The maximum Gasteiger partial charge on any atom is 0.337 e. The molecule has 0 unspecified atom stereocenters. The zero-order chi connectivity index (χ0) is 22.6. The Morgan fingerprint density at radius 2 is 1.58 bits per heavy atom. The van der Waals surface area contributed by atoms with Crippen molar-refractivity contribution in [2.24, 2.45) is 4.99 Å². The topological polar surface area (TPSA) is 92.3 Å². The molecule has 0 fully saturated rings. The minimum Gasteiger partial charge on any atom is -0.497 e. The number of ether oxygens (including phenoxy) is 2. The molecule has 0 saturated carbocycles. The normalized spacial score (nSPS) is 10.9. The summed E-state index contributed by atoms with van der Waals surface area (Å²) in [5, 5.41) is 6.33. The number of carbonyl (C=O) groups excluding carboxylic acids is 2. The molecule has 2 aromatic carbocycles. The lowest BCUT2D eigenvalue weighted by Crippen LogP contribution is -2.43. The lowest BCUT2D eigenvalue weighted by Gasteiger charge is -2.15. The Morgan fingerprint density at radius 1 is 0.935 bits per heavy atom. The molecule has 2 aromatic rings. The Kier molecular flexibility index (Phi) is 9.35. The smallest absolute Gasteiger partial charge is 0.337 e. The molecule has 0 bridgehead atoms. The number of likely N-dealkylation sites (N-methyl/N-ethyl adjacent to an activating group) is 1. The Morgan fingerprint density at radius 3 is 2.16 bits per heavy atom. The van der Waals surface area contributed by atoms with Gasteiger partial charge >= 0.3 is 5.97 Å². The first-order valence-corrected chi connectivity index (χ1v) is 9.95. The van der Waals surface area contributed by atoms with Crippen LogP contribution in [-0.2, 0) is 22.5 Å². The largest absolute Gasteiger partial charge is 0.497 e. The molecule has 0 radical (unpaired) electrons. The van der Waals surface area contributed by atoms with Crippen LogP contribution in [0.25, 0.3) is 0 Å². The number of guanidine groups is 1. The summed E-state index contributed by atoms with van der Waals surface area (Å²) in [7, 11) is 6.41. The van der Waals surface area contributed by atoms with Crippen LogP contribution in [0.3, 0.4) is 0 Å². The highest BCUT2D eigenvalue weighted by atomic mass is 16.5. The van der Waals surface area contributed by atoms with Gasteiger partial charge in [-0.2, -0.15) is 0 Å². The number of benzene rings is 2. The van der Waals surface area contributed by atoms with Gasteiger partial charge < -0.3 is 25.0 Å². The predicted molar refractivity (Wildman–Crippen MR) is 120 cm³/mol. The third-order valence-corrected chi connectivity index (χ3v) is 4.57. The third kappa shape index (κ3) is 8.00. The Balaban J connectivity index is 1.98. The van der Waals surface area contributed by atoms with Gasteiger partial charge in [0.15, 0.2) is 5.96 Å². The van der Waals surface area contributed by atoms with E-state index in [2.05, 4.69) is 15.6 Å². The molecule has 31 heavy (non-hydrogen) atoms. The summed E-state index contributed by atoms with van der Waals surface area (Å²) in [4.78, 5) is 29.6. The van der Waals surface area contributed by atoms with Gasteiger partial charge in [-0.05, 0) is 41.8 Å². The van der Waals surface area contributed by atoms with Crippen LogP contribution in [0, 0.1) is 0 Å². The van der Waals surface area contributed by atoms with E-state index in [0.717, 1.165) is 23.3 Å². The van der Waals surface area contributed by atoms with E-state index in [9.17, 15) is 9.59 Å². The predicted octanol–water partition coefficient (Wildman–Crippen LogP) is 1.85. The molecular formula is C23H30N4O4. The molecule has 2 N–H and O–H groups in total. The van der Waals surface area contributed by atoms with Gasteiger partial charge in [0.2, 0.25) is 5.91 Å². The highest BCUT2D eigenvalue weighted by Crippen LogP contribution is 2.11. The van der Waals surface area contributed by atoms with Gasteiger partial charge in [-0.3, -0.25) is 4.79 Å². The van der Waals surface area contributed by atoms with E-state index in [1.165, 1.54) is 12.0 Å². The average molecular weight is 427 g/mol. The van der Waals surface area contributed by atoms with Gasteiger partial charge in [-0.25, -0.2) is 9.79 Å². The highest BCUT2D eigenvalue weighted by Gasteiger charge is 2.07. The van der Waals surface area contributed by atoms with E-state index in [-0.39, 0.29) is 18.4 Å². The summed E-state index contributed by atoms with van der Waals surface area (Å²) in [5.41, 5.74) is 2.58. The lowest BCUT2D eigenvalue weighted by molar-refractivity contribution is -0.127. The van der Waals surface area contributed by atoms with E-state index < -0.39 is 0 Å². The zero-order valence-corrected chi connectivity index (χ0v) is 18.5. The number of methoxy groups -OCH3 is 2. The molecule has 0 aliphatic carbocycles. The molecule has 0 aromatic heterocycles. The average Bonchev–Trinajstić information content (AvgIpc) is 2.80. The number of carbonyl (C=O) groups is 2. The van der Waals surface area contributed by atoms with Gasteiger partial charge in [0.1, 0.15) is 5.75 Å². The monoisotopic (exact) mass is 426 g/mol. The van der Waals surface area contributed by atoms with Gasteiger partial charge in [-0.15, -0.1) is 0 Å². The number of hydrogen-bond acceptors (Lipinski definition) is 5. The number of hydrogen-bond donors (Lipinski definition) is 2. The molecule has 8 nitrogen and oxygen atoms in total. The summed E-state index contributed by atoms with van der Waals surface area (Å²) in [6.07, 6.45) is 0.792. The molecule has 1 amide bonds. The molecule has 0 atom stereocenters. The molecule has 0 heterocycles. The minimum absolute atomic E-state index is 0.0490. The summed E-state index contributed by atoms with van der Waals surface area (Å²) >= 11 is 0. The van der Waals surface area contributed by atoms with Crippen molar-refractivity contribution in [3.63, 3.8) is 0 Å². The molecule has 2 rings (SSSR count). The lowest BCUT2D eigenvalue weighted by atomic mass is 10.1. The minimum atomic E-state index is -0.375. The summed E-state index contributed by atoms with van der Waals surface area (Å²) in [6, 6.07) is 15.0. The first kappa shape index (κ1) is 23.7. The number of nitrogens with one attached hydrogen (secondary N) is 2. The first-order valence-electron chi connectivity index (χ1n) is 9.95. The van der Waals surface area contributed by atoms with Gasteiger partial charge in [0.05, 0.1) is 32.9 Å². The number of rotatable bonds is 9. The number of amides is 1. The second-order valence-electron chi connectivity index (χ2n) is 7.02. The van der Waals surface area contributed by atoms with Crippen molar-refractivity contribution in [3.8, 4) is 5.75 Å². The zero-order valence-electron chi connectivity index (χ0n) is 18.5. The van der Waals surface area contributed by atoms with Crippen LogP contribution in [0.4, 0.5) is 0 Å². The van der Waals surface area contributed by atoms with E-state index in [1.54, 1.807) is 33.3 Å². The van der Waals surface area contributed by atoms with Crippen LogP contribution in [-0.4, -0.2) is 64.1 Å². The standard InChI is InChI=1S/C23H30N4O4/c1-27(2)21(28)16-26-23(24-14-13-17-7-11-20(30-3)12-8-17)25-15-18-5-9-19(10-6-18)22(29)31-4/h5-12H,13-16H2,1-4H3,(H2,24,25,26).